The molecule has 2 amide bonds. The van der Waals surface area contributed by atoms with E-state index >= 15 is 0 Å². The molecule has 3 rings (SSSR count). The molecule has 6 nitrogen and oxygen atoms in total. The van der Waals surface area contributed by atoms with E-state index < -0.39 is 17.8 Å². The van der Waals surface area contributed by atoms with Gasteiger partial charge in [-0.3, -0.25) is 14.4 Å². The number of hydrogen-bond acceptors (Lipinski definition) is 4. The van der Waals surface area contributed by atoms with Crippen molar-refractivity contribution in [1.29, 1.82) is 0 Å². The van der Waals surface area contributed by atoms with E-state index in [0.717, 1.165) is 23.1 Å². The Hall–Kier alpha value is -3.15. The molecule has 2 aromatic carbocycles. The Labute approximate surface area is 170 Å². The molecule has 0 radical (unpaired) electrons. The summed E-state index contributed by atoms with van der Waals surface area (Å²) >= 11 is 0. The van der Waals surface area contributed by atoms with E-state index in [2.05, 4.69) is 5.32 Å². The fourth-order valence-electron chi connectivity index (χ4n) is 3.33. The van der Waals surface area contributed by atoms with Gasteiger partial charge in [0.2, 0.25) is 5.91 Å². The fraction of sp³-hybridized carbons (Fsp3) is 0.348. The van der Waals surface area contributed by atoms with Gasteiger partial charge in [0.15, 0.2) is 6.61 Å². The van der Waals surface area contributed by atoms with Gasteiger partial charge >= 0.3 is 5.97 Å². The molecule has 1 unspecified atom stereocenters. The summed E-state index contributed by atoms with van der Waals surface area (Å²) in [5.41, 5.74) is 4.02. The lowest BCUT2D eigenvalue weighted by Crippen LogP contribution is -2.29. The van der Waals surface area contributed by atoms with Crippen LogP contribution in [0.5, 0.6) is 0 Å². The molecule has 29 heavy (non-hydrogen) atoms. The average molecular weight is 394 g/mol. The number of aryl methyl sites for hydroxylation is 2. The highest BCUT2D eigenvalue weighted by atomic mass is 16.5. The number of benzene rings is 2. The quantitative estimate of drug-likeness (QED) is 0.733. The third kappa shape index (κ3) is 5.67. The molecule has 1 fully saturated rings. The fourth-order valence-corrected chi connectivity index (χ4v) is 3.33. The molecule has 1 heterocycles. The first-order valence-electron chi connectivity index (χ1n) is 9.78. The van der Waals surface area contributed by atoms with Gasteiger partial charge in [-0.25, -0.2) is 0 Å². The molecule has 0 saturated carbocycles. The first kappa shape index (κ1) is 20.6. The minimum Gasteiger partial charge on any atom is -0.455 e. The highest BCUT2D eigenvalue weighted by Crippen LogP contribution is 2.20. The Balaban J connectivity index is 1.43. The molecule has 0 aromatic heterocycles. The second-order valence-corrected chi connectivity index (χ2v) is 7.43. The van der Waals surface area contributed by atoms with Crippen LogP contribution >= 0.6 is 0 Å². The SMILES string of the molecule is Cc1ccc(NC(=O)COC(=O)C2CC(=O)N(CCc3ccccc3)C2)cc1C. The maximum atomic E-state index is 12.3. The number of hydrogen-bond donors (Lipinski definition) is 1. The summed E-state index contributed by atoms with van der Waals surface area (Å²) in [5, 5.41) is 2.72. The molecular formula is C23H26N2O4. The van der Waals surface area contributed by atoms with Crippen LogP contribution in [0.2, 0.25) is 0 Å². The molecule has 2 aromatic rings. The summed E-state index contributed by atoms with van der Waals surface area (Å²) in [6.07, 6.45) is 0.874. The number of likely N-dealkylation sites (tertiary alicyclic amines) is 1. The zero-order valence-electron chi connectivity index (χ0n) is 16.8. The van der Waals surface area contributed by atoms with Crippen LogP contribution in [0.4, 0.5) is 5.69 Å². The van der Waals surface area contributed by atoms with Crippen LogP contribution in [0.25, 0.3) is 0 Å². The smallest absolute Gasteiger partial charge is 0.311 e. The Morgan fingerprint density at radius 3 is 2.59 bits per heavy atom. The van der Waals surface area contributed by atoms with Gasteiger partial charge in [-0.05, 0) is 49.1 Å². The highest BCUT2D eigenvalue weighted by Gasteiger charge is 2.35. The largest absolute Gasteiger partial charge is 0.455 e. The molecular weight excluding hydrogens is 368 g/mol. The molecule has 1 aliphatic rings. The molecule has 1 saturated heterocycles. The Morgan fingerprint density at radius 2 is 1.86 bits per heavy atom. The summed E-state index contributed by atoms with van der Waals surface area (Å²) in [7, 11) is 0. The summed E-state index contributed by atoms with van der Waals surface area (Å²) < 4.78 is 5.14. The molecule has 0 bridgehead atoms. The standard InChI is InChI=1S/C23H26N2O4/c1-16-8-9-20(12-17(16)2)24-21(26)15-29-23(28)19-13-22(27)25(14-19)11-10-18-6-4-3-5-7-18/h3-9,12,19H,10-11,13-15H2,1-2H3,(H,24,26). The van der Waals surface area contributed by atoms with E-state index in [1.807, 2.05) is 62.4 Å². The number of ether oxygens (including phenoxy) is 1. The van der Waals surface area contributed by atoms with Crippen molar-refractivity contribution >= 4 is 23.5 Å². The van der Waals surface area contributed by atoms with Crippen molar-refractivity contribution in [2.24, 2.45) is 5.92 Å². The predicted octanol–water partition coefficient (Wildman–Crippen LogP) is 2.88. The lowest BCUT2D eigenvalue weighted by Gasteiger charge is -2.16. The molecule has 152 valence electrons. The van der Waals surface area contributed by atoms with E-state index in [1.54, 1.807) is 4.90 Å². The van der Waals surface area contributed by atoms with Crippen LogP contribution < -0.4 is 5.32 Å². The van der Waals surface area contributed by atoms with Crippen molar-refractivity contribution in [3.05, 3.63) is 65.2 Å². The van der Waals surface area contributed by atoms with Gasteiger partial charge in [-0.15, -0.1) is 0 Å². The second-order valence-electron chi connectivity index (χ2n) is 7.43. The van der Waals surface area contributed by atoms with Gasteiger partial charge in [0.1, 0.15) is 0 Å². The van der Waals surface area contributed by atoms with Crippen LogP contribution in [0.1, 0.15) is 23.1 Å². The third-order valence-electron chi connectivity index (χ3n) is 5.20. The van der Waals surface area contributed by atoms with Crippen molar-refractivity contribution < 1.29 is 19.1 Å². The monoisotopic (exact) mass is 394 g/mol. The van der Waals surface area contributed by atoms with E-state index in [0.29, 0.717) is 18.8 Å². The van der Waals surface area contributed by atoms with E-state index in [9.17, 15) is 14.4 Å². The first-order chi connectivity index (χ1) is 13.9. The summed E-state index contributed by atoms with van der Waals surface area (Å²) in [6.45, 7) is 4.50. The van der Waals surface area contributed by atoms with Crippen LogP contribution in [0.15, 0.2) is 48.5 Å². The normalized spacial score (nSPS) is 16.0. The number of carbonyl (C=O) groups is 3. The van der Waals surface area contributed by atoms with Gasteiger partial charge in [0.05, 0.1) is 5.92 Å². The van der Waals surface area contributed by atoms with Crippen molar-refractivity contribution in [2.75, 3.05) is 25.0 Å². The topological polar surface area (TPSA) is 75.7 Å². The first-order valence-corrected chi connectivity index (χ1v) is 9.78. The second kappa shape index (κ2) is 9.37. The van der Waals surface area contributed by atoms with Gasteiger partial charge in [0, 0.05) is 25.2 Å². The maximum Gasteiger partial charge on any atom is 0.311 e. The van der Waals surface area contributed by atoms with Gasteiger partial charge < -0.3 is 15.0 Å². The van der Waals surface area contributed by atoms with Gasteiger partial charge in [-0.2, -0.15) is 0 Å². The number of esters is 1. The van der Waals surface area contributed by atoms with E-state index in [4.69, 9.17) is 4.74 Å². The Kier molecular flexibility index (Phi) is 6.65. The molecule has 0 aliphatic carbocycles. The van der Waals surface area contributed by atoms with Crippen LogP contribution in [-0.2, 0) is 25.5 Å². The number of nitrogens with zero attached hydrogens (tertiary/aromatic N) is 1. The molecule has 1 N–H and O–H groups in total. The predicted molar refractivity (Wildman–Crippen MR) is 110 cm³/mol. The summed E-state index contributed by atoms with van der Waals surface area (Å²) in [6, 6.07) is 15.5. The zero-order chi connectivity index (χ0) is 20.8. The third-order valence-corrected chi connectivity index (χ3v) is 5.20. The van der Waals surface area contributed by atoms with Crippen molar-refractivity contribution in [3.63, 3.8) is 0 Å². The zero-order valence-corrected chi connectivity index (χ0v) is 16.8. The lowest BCUT2D eigenvalue weighted by molar-refractivity contribution is -0.151. The highest BCUT2D eigenvalue weighted by molar-refractivity contribution is 5.93. The minimum atomic E-state index is -0.521. The number of anilines is 1. The maximum absolute atomic E-state index is 12.3. The molecule has 0 spiro atoms. The summed E-state index contributed by atoms with van der Waals surface area (Å²) in [5.74, 6) is -1.47. The van der Waals surface area contributed by atoms with Crippen LogP contribution in [0, 0.1) is 19.8 Å². The average Bonchev–Trinajstić information content (AvgIpc) is 3.09. The molecule has 1 atom stereocenters. The van der Waals surface area contributed by atoms with Gasteiger partial charge in [-0.1, -0.05) is 36.4 Å². The van der Waals surface area contributed by atoms with Crippen LogP contribution in [0.3, 0.4) is 0 Å². The number of carbonyl (C=O) groups excluding carboxylic acids is 3. The number of amides is 2. The van der Waals surface area contributed by atoms with Crippen molar-refractivity contribution in [2.45, 2.75) is 26.7 Å². The summed E-state index contributed by atoms with van der Waals surface area (Å²) in [4.78, 5) is 38.2. The molecule has 1 aliphatic heterocycles. The van der Waals surface area contributed by atoms with Crippen molar-refractivity contribution in [3.8, 4) is 0 Å². The molecule has 6 heteroatoms. The van der Waals surface area contributed by atoms with E-state index in [1.165, 1.54) is 0 Å². The van der Waals surface area contributed by atoms with Crippen LogP contribution in [-0.4, -0.2) is 42.4 Å². The Morgan fingerprint density at radius 1 is 1.10 bits per heavy atom. The number of nitrogens with one attached hydrogen (secondary N) is 1. The van der Waals surface area contributed by atoms with Gasteiger partial charge in [0.25, 0.3) is 5.91 Å². The number of rotatable bonds is 7. The van der Waals surface area contributed by atoms with E-state index in [-0.39, 0.29) is 18.9 Å². The lowest BCUT2D eigenvalue weighted by atomic mass is 10.1. The Bertz CT molecular complexity index is 895. The van der Waals surface area contributed by atoms with Crippen molar-refractivity contribution in [1.82, 2.24) is 4.90 Å². The minimum absolute atomic E-state index is 0.0533.